The Kier molecular flexibility index (Phi) is 5.18. The molecular weight excluding hydrogens is 361 g/mol. The first kappa shape index (κ1) is 20.1. The molecule has 0 heterocycles. The van der Waals surface area contributed by atoms with Gasteiger partial charge in [0, 0.05) is 0 Å². The fraction of sp³-hybridized carbons (Fsp3) is 0.833. The molecular formula is C6H2F11O3S. The molecule has 127 valence electrons. The maximum absolute atomic E-state index is 12.7. The lowest BCUT2D eigenvalue weighted by molar-refractivity contribution is -0.420. The van der Waals surface area contributed by atoms with Gasteiger partial charge in [0.2, 0.25) is 0 Å². The van der Waals surface area contributed by atoms with E-state index in [0.29, 0.717) is 0 Å². The molecule has 1 radical (unpaired) electrons. The van der Waals surface area contributed by atoms with E-state index in [1.807, 2.05) is 0 Å². The average molecular weight is 363 g/mol. The number of alkyl halides is 11. The van der Waals surface area contributed by atoms with Gasteiger partial charge in [-0.2, -0.15) is 48.3 Å². The maximum Gasteiger partial charge on any atom is 0.460 e. The summed E-state index contributed by atoms with van der Waals surface area (Å²) in [6.45, 7) is -1.79. The van der Waals surface area contributed by atoms with Crippen molar-refractivity contribution in [2.45, 2.75) is 29.9 Å². The largest absolute Gasteiger partial charge is 0.460 e. The highest BCUT2D eigenvalue weighted by Crippen LogP contribution is 2.57. The van der Waals surface area contributed by atoms with E-state index in [2.05, 4.69) is 4.18 Å². The van der Waals surface area contributed by atoms with Crippen molar-refractivity contribution in [3.63, 3.8) is 0 Å². The van der Waals surface area contributed by atoms with Crippen LogP contribution in [-0.4, -0.2) is 38.3 Å². The van der Waals surface area contributed by atoms with Gasteiger partial charge in [-0.05, 0) is 0 Å². The first-order chi connectivity index (χ1) is 8.92. The molecule has 0 aromatic carbocycles. The number of hydrogen-bond acceptors (Lipinski definition) is 3. The second-order valence-electron chi connectivity index (χ2n) is 3.29. The topological polar surface area (TPSA) is 43.4 Å². The molecule has 3 nitrogen and oxygen atoms in total. The van der Waals surface area contributed by atoms with Crippen LogP contribution in [0.25, 0.3) is 0 Å². The van der Waals surface area contributed by atoms with Gasteiger partial charge in [-0.25, -0.2) is 8.42 Å². The summed E-state index contributed by atoms with van der Waals surface area (Å²) in [6, 6.07) is 0. The molecule has 21 heavy (non-hydrogen) atoms. The van der Waals surface area contributed by atoms with Gasteiger partial charge in [-0.1, -0.05) is 0 Å². The first-order valence-corrected chi connectivity index (χ1v) is 5.25. The summed E-state index contributed by atoms with van der Waals surface area (Å²) >= 11 is 0. The summed E-state index contributed by atoms with van der Waals surface area (Å²) < 4.78 is 157. The van der Waals surface area contributed by atoms with E-state index < -0.39 is 47.5 Å². The first-order valence-electron chi connectivity index (χ1n) is 4.15. The second kappa shape index (κ2) is 5.40. The van der Waals surface area contributed by atoms with Crippen molar-refractivity contribution in [2.24, 2.45) is 0 Å². The minimum absolute atomic E-state index is 1.79. The van der Waals surface area contributed by atoms with Crippen molar-refractivity contribution in [1.29, 1.82) is 0 Å². The summed E-state index contributed by atoms with van der Waals surface area (Å²) in [5.74, 6) is -28.9. The molecule has 0 spiro atoms. The van der Waals surface area contributed by atoms with Crippen LogP contribution in [0.3, 0.4) is 0 Å². The van der Waals surface area contributed by atoms with Gasteiger partial charge in [0.15, 0.2) is 6.61 Å². The van der Waals surface area contributed by atoms with Crippen LogP contribution < -0.4 is 0 Å². The lowest BCUT2D eigenvalue weighted by Crippen LogP contribution is -2.66. The van der Waals surface area contributed by atoms with E-state index in [0.717, 1.165) is 0 Å². The molecule has 0 fully saturated rings. The average Bonchev–Trinajstić information content (AvgIpc) is 2.24. The van der Waals surface area contributed by atoms with Gasteiger partial charge in [-0.15, -0.1) is 0 Å². The standard InChI is InChI=1S/C6H2F11O3S/c7-2(8,1-20-21(18)19)3(9,10)4(11,12)5(13,14)6(15,16)17/h1,21H. The lowest BCUT2D eigenvalue weighted by atomic mass is 9.98. The molecule has 0 atom stereocenters. The Balaban J connectivity index is 5.76. The zero-order valence-corrected chi connectivity index (χ0v) is 9.80. The van der Waals surface area contributed by atoms with Crippen LogP contribution in [0.4, 0.5) is 48.3 Å². The second-order valence-corrected chi connectivity index (χ2v) is 3.95. The number of thiol groups is 1. The quantitative estimate of drug-likeness (QED) is 0.583. The molecule has 0 aromatic heterocycles. The van der Waals surface area contributed by atoms with E-state index >= 15 is 0 Å². The van der Waals surface area contributed by atoms with Crippen LogP contribution in [0.15, 0.2) is 0 Å². The number of halogens is 11. The summed E-state index contributed by atoms with van der Waals surface area (Å²) in [5.41, 5.74) is 0. The summed E-state index contributed by atoms with van der Waals surface area (Å²) in [7, 11) is -4.32. The maximum atomic E-state index is 12.7. The van der Waals surface area contributed by atoms with Gasteiger partial charge < -0.3 is 0 Å². The van der Waals surface area contributed by atoms with Crippen molar-refractivity contribution in [1.82, 2.24) is 0 Å². The third-order valence-corrected chi connectivity index (χ3v) is 2.13. The molecule has 0 aliphatic rings. The predicted octanol–water partition coefficient (Wildman–Crippen LogP) is 2.79. The minimum atomic E-state index is -7.60. The predicted molar refractivity (Wildman–Crippen MR) is 41.5 cm³/mol. The van der Waals surface area contributed by atoms with Crippen LogP contribution in [0.2, 0.25) is 0 Å². The normalized spacial score (nSPS) is 15.6. The van der Waals surface area contributed by atoms with Crippen molar-refractivity contribution >= 4 is 11.0 Å². The molecule has 0 N–H and O–H groups in total. The van der Waals surface area contributed by atoms with Gasteiger partial charge in [0.1, 0.15) is 0 Å². The molecule has 15 heteroatoms. The Bertz CT molecular complexity index is 443. The smallest absolute Gasteiger partial charge is 0.259 e. The van der Waals surface area contributed by atoms with Gasteiger partial charge >= 0.3 is 29.9 Å². The Morgan fingerprint density at radius 2 is 1.05 bits per heavy atom. The molecule has 0 aliphatic carbocycles. The van der Waals surface area contributed by atoms with E-state index in [-0.39, 0.29) is 0 Å². The van der Waals surface area contributed by atoms with Crippen LogP contribution >= 0.6 is 0 Å². The third kappa shape index (κ3) is 3.32. The number of rotatable bonds is 6. The van der Waals surface area contributed by atoms with E-state index in [1.54, 1.807) is 0 Å². The molecule has 0 amide bonds. The van der Waals surface area contributed by atoms with Crippen molar-refractivity contribution in [3.8, 4) is 0 Å². The highest BCUT2D eigenvalue weighted by Gasteiger charge is 2.87. The molecule has 0 rings (SSSR count). The highest BCUT2D eigenvalue weighted by molar-refractivity contribution is 7.67. The van der Waals surface area contributed by atoms with E-state index in [4.69, 9.17) is 0 Å². The minimum Gasteiger partial charge on any atom is -0.259 e. The number of hydrogen-bond donors (Lipinski definition) is 1. The Morgan fingerprint density at radius 1 is 0.667 bits per heavy atom. The Morgan fingerprint density at radius 3 is 1.33 bits per heavy atom. The van der Waals surface area contributed by atoms with E-state index in [9.17, 15) is 56.7 Å². The summed E-state index contributed by atoms with van der Waals surface area (Å²) in [6.07, 6.45) is -7.28. The molecule has 0 bridgehead atoms. The molecule has 0 saturated heterocycles. The Hall–Kier alpha value is -0.860. The SMILES string of the molecule is O=[SH](=O)O[CH]C(F)(F)C(F)(F)C(F)(F)C(F)(F)C(F)(F)F. The summed E-state index contributed by atoms with van der Waals surface area (Å²) in [4.78, 5) is 0. The van der Waals surface area contributed by atoms with Crippen molar-refractivity contribution < 1.29 is 60.9 Å². The fourth-order valence-electron chi connectivity index (χ4n) is 0.768. The zero-order chi connectivity index (χ0) is 17.5. The molecule has 0 aliphatic heterocycles. The zero-order valence-electron chi connectivity index (χ0n) is 8.91. The van der Waals surface area contributed by atoms with Crippen LogP contribution in [-0.2, 0) is 15.2 Å². The molecule has 0 unspecified atom stereocenters. The van der Waals surface area contributed by atoms with Gasteiger partial charge in [0.25, 0.3) is 11.0 Å². The highest BCUT2D eigenvalue weighted by atomic mass is 32.2. The molecule has 0 aromatic rings. The molecule has 0 saturated carbocycles. The van der Waals surface area contributed by atoms with Crippen molar-refractivity contribution in [3.05, 3.63) is 6.61 Å². The third-order valence-electron chi connectivity index (χ3n) is 1.85. The summed E-state index contributed by atoms with van der Waals surface area (Å²) in [5, 5.41) is 0. The fourth-order valence-corrected chi connectivity index (χ4v) is 0.986. The van der Waals surface area contributed by atoms with Gasteiger partial charge in [0.05, 0.1) is 0 Å². The van der Waals surface area contributed by atoms with Crippen LogP contribution in [0.5, 0.6) is 0 Å². The monoisotopic (exact) mass is 363 g/mol. The van der Waals surface area contributed by atoms with Crippen LogP contribution in [0, 0.1) is 6.61 Å². The van der Waals surface area contributed by atoms with Crippen molar-refractivity contribution in [2.75, 3.05) is 0 Å². The van der Waals surface area contributed by atoms with E-state index in [1.165, 1.54) is 0 Å². The van der Waals surface area contributed by atoms with Gasteiger partial charge in [-0.3, -0.25) is 4.18 Å². The lowest BCUT2D eigenvalue weighted by Gasteiger charge is -2.36. The Labute approximate surface area is 109 Å². The van der Waals surface area contributed by atoms with Crippen LogP contribution in [0.1, 0.15) is 0 Å².